The zero-order chi connectivity index (χ0) is 36.3. The van der Waals surface area contributed by atoms with Gasteiger partial charge in [-0.2, -0.15) is 0 Å². The number of carbonyl (C=O) groups excluding carboxylic acids is 3. The highest BCUT2D eigenvalue weighted by Gasteiger charge is 2.43. The quantitative estimate of drug-likeness (QED) is 0.0295. The van der Waals surface area contributed by atoms with Crippen LogP contribution >= 0.6 is 0 Å². The second-order valence-electron chi connectivity index (χ2n) is 12.7. The van der Waals surface area contributed by atoms with E-state index in [0.717, 1.165) is 60.6 Å². The Labute approximate surface area is 302 Å². The molecule has 2 aliphatic rings. The number of benzene rings is 4. The molecule has 268 valence electrons. The molecule has 1 N–H and O–H groups in total. The first-order valence-corrected chi connectivity index (χ1v) is 17.4. The minimum absolute atomic E-state index is 0.142. The van der Waals surface area contributed by atoms with E-state index in [-0.39, 0.29) is 17.9 Å². The summed E-state index contributed by atoms with van der Waals surface area (Å²) < 4.78 is 33.5. The summed E-state index contributed by atoms with van der Waals surface area (Å²) in [5.41, 5.74) is 3.31. The third kappa shape index (κ3) is 10.2. The molecule has 0 amide bonds. The van der Waals surface area contributed by atoms with Crippen LogP contribution in [0.4, 0.5) is 0 Å². The Bertz CT molecular complexity index is 1870. The highest BCUT2D eigenvalue weighted by Crippen LogP contribution is 2.39. The molecular weight excluding hydrogens is 662 g/mol. The number of epoxide rings is 1. The molecule has 6 rings (SSSR count). The number of hydrogen-bond acceptors (Lipinski definition) is 10. The van der Waals surface area contributed by atoms with Crippen molar-refractivity contribution in [3.8, 4) is 34.1 Å². The fourth-order valence-electron chi connectivity index (χ4n) is 6.05. The first-order valence-electron chi connectivity index (χ1n) is 17.4. The largest absolute Gasteiger partial charge is 0.494 e. The van der Waals surface area contributed by atoms with Gasteiger partial charge in [0.15, 0.2) is 0 Å². The topological polar surface area (TPSA) is 134 Å². The van der Waals surface area contributed by atoms with E-state index in [1.807, 2.05) is 24.3 Å². The smallest absolute Gasteiger partial charge is 0.343 e. The van der Waals surface area contributed by atoms with Crippen molar-refractivity contribution >= 4 is 24.1 Å². The Balaban J connectivity index is 0.908. The summed E-state index contributed by atoms with van der Waals surface area (Å²) in [4.78, 5) is 36.9. The first kappa shape index (κ1) is 36.2. The summed E-state index contributed by atoms with van der Waals surface area (Å²) in [7, 11) is 0. The third-order valence-electron chi connectivity index (χ3n) is 8.97. The maximum Gasteiger partial charge on any atom is 0.343 e. The van der Waals surface area contributed by atoms with Crippen molar-refractivity contribution in [3.05, 3.63) is 120 Å². The molecule has 4 aromatic carbocycles. The van der Waals surface area contributed by atoms with Gasteiger partial charge in [0, 0.05) is 43.9 Å². The van der Waals surface area contributed by atoms with Crippen LogP contribution in [0.3, 0.4) is 0 Å². The number of nitrogens with one attached hydrogen (secondary N) is 1. The van der Waals surface area contributed by atoms with Gasteiger partial charge in [0.25, 0.3) is 0 Å². The number of fused-ring (bicyclic) bond motifs is 1. The zero-order valence-corrected chi connectivity index (χ0v) is 28.8. The van der Waals surface area contributed by atoms with Gasteiger partial charge in [0.2, 0.25) is 0 Å². The molecule has 1 heterocycles. The van der Waals surface area contributed by atoms with Crippen molar-refractivity contribution in [2.45, 2.75) is 50.7 Å². The van der Waals surface area contributed by atoms with Crippen LogP contribution in [0.2, 0.25) is 0 Å². The molecule has 1 aliphatic carbocycles. The van der Waals surface area contributed by atoms with Crippen LogP contribution in [0.5, 0.6) is 23.0 Å². The van der Waals surface area contributed by atoms with Gasteiger partial charge in [-0.25, -0.2) is 9.59 Å². The molecule has 0 radical (unpaired) electrons. The summed E-state index contributed by atoms with van der Waals surface area (Å²) >= 11 is 0. The monoisotopic (exact) mass is 703 g/mol. The van der Waals surface area contributed by atoms with E-state index in [1.54, 1.807) is 48.5 Å². The minimum atomic E-state index is -0.582. The normalized spacial score (nSPS) is 17.3. The van der Waals surface area contributed by atoms with Crippen molar-refractivity contribution in [3.63, 3.8) is 0 Å². The number of esters is 3. The molecule has 1 saturated heterocycles. The molecule has 52 heavy (non-hydrogen) atoms. The standard InChI is InChI=1S/C42H41NO9/c1-2-40(44)49-35-16-12-31(13-17-35)30-8-10-32(11-9-30)42(46)50-36-18-20-37(33(25-36)26-43)52-41(45)21-7-28-4-14-34(15-5-28)48-23-3-22-47-27-29-6-19-38-39(24-29)51-38/h2,4-5,8-18,20,25-26,29,38-39,43H,1,3,6-7,19,21-24,27H2. The highest BCUT2D eigenvalue weighted by atomic mass is 16.6. The SMILES string of the molecule is C=CC(=O)Oc1ccc(-c2ccc(C(=O)Oc3ccc(OC(=O)CCc4ccc(OCCCOCC5CCC6OC6C5)cc4)c(C=N)c3)cc2)cc1. The Morgan fingerprint density at radius 2 is 1.50 bits per heavy atom. The lowest BCUT2D eigenvalue weighted by atomic mass is 9.90. The summed E-state index contributed by atoms with van der Waals surface area (Å²) in [5.74, 6) is 0.616. The molecule has 0 bridgehead atoms. The fraction of sp³-hybridized carbons (Fsp3) is 0.286. The van der Waals surface area contributed by atoms with E-state index in [0.29, 0.717) is 54.6 Å². The van der Waals surface area contributed by atoms with E-state index in [2.05, 4.69) is 6.58 Å². The van der Waals surface area contributed by atoms with E-state index < -0.39 is 17.9 Å². The van der Waals surface area contributed by atoms with Gasteiger partial charge in [-0.1, -0.05) is 43.0 Å². The average Bonchev–Trinajstić information content (AvgIpc) is 3.96. The molecule has 3 unspecified atom stereocenters. The Morgan fingerprint density at radius 1 is 0.788 bits per heavy atom. The fourth-order valence-corrected chi connectivity index (χ4v) is 6.05. The number of hydrogen-bond donors (Lipinski definition) is 1. The van der Waals surface area contributed by atoms with E-state index in [9.17, 15) is 14.4 Å². The van der Waals surface area contributed by atoms with Gasteiger partial charge < -0.3 is 33.8 Å². The van der Waals surface area contributed by atoms with E-state index in [4.69, 9.17) is 33.8 Å². The second-order valence-corrected chi connectivity index (χ2v) is 12.7. The van der Waals surface area contributed by atoms with Crippen LogP contribution in [-0.2, 0) is 25.5 Å². The Kier molecular flexibility index (Phi) is 12.2. The molecule has 10 heteroatoms. The molecule has 2 fully saturated rings. The van der Waals surface area contributed by atoms with E-state index in [1.165, 1.54) is 24.6 Å². The van der Waals surface area contributed by atoms with Crippen LogP contribution in [0.25, 0.3) is 11.1 Å². The lowest BCUT2D eigenvalue weighted by molar-refractivity contribution is -0.134. The molecule has 1 saturated carbocycles. The van der Waals surface area contributed by atoms with Crippen LogP contribution < -0.4 is 18.9 Å². The first-order chi connectivity index (χ1) is 25.4. The Morgan fingerprint density at radius 3 is 2.21 bits per heavy atom. The van der Waals surface area contributed by atoms with Gasteiger partial charge in [0.1, 0.15) is 23.0 Å². The van der Waals surface area contributed by atoms with Crippen molar-refractivity contribution < 1.29 is 42.8 Å². The number of aryl methyl sites for hydroxylation is 1. The molecule has 0 aromatic heterocycles. The second kappa shape index (κ2) is 17.6. The van der Waals surface area contributed by atoms with Crippen LogP contribution in [0.15, 0.2) is 104 Å². The number of ether oxygens (including phenoxy) is 6. The van der Waals surface area contributed by atoms with Gasteiger partial charge >= 0.3 is 17.9 Å². The van der Waals surface area contributed by atoms with Crippen LogP contribution in [0, 0.1) is 11.3 Å². The summed E-state index contributed by atoms with van der Waals surface area (Å²) in [5, 5.41) is 7.81. The molecule has 1 aliphatic heterocycles. The molecule has 0 spiro atoms. The molecule has 3 atom stereocenters. The van der Waals surface area contributed by atoms with Crippen molar-refractivity contribution in [2.75, 3.05) is 19.8 Å². The lowest BCUT2D eigenvalue weighted by Crippen LogP contribution is -2.19. The van der Waals surface area contributed by atoms with Crippen LogP contribution in [0.1, 0.15) is 53.6 Å². The molecular formula is C42H41NO9. The van der Waals surface area contributed by atoms with Crippen molar-refractivity contribution in [2.24, 2.45) is 5.92 Å². The average molecular weight is 704 g/mol. The number of carbonyl (C=O) groups is 3. The predicted molar refractivity (Wildman–Crippen MR) is 194 cm³/mol. The predicted octanol–water partition coefficient (Wildman–Crippen LogP) is 7.55. The third-order valence-corrected chi connectivity index (χ3v) is 8.97. The number of rotatable bonds is 17. The Hall–Kier alpha value is -5.58. The van der Waals surface area contributed by atoms with E-state index >= 15 is 0 Å². The minimum Gasteiger partial charge on any atom is -0.494 e. The van der Waals surface area contributed by atoms with Gasteiger partial charge in [-0.05, 0) is 103 Å². The molecule has 4 aromatic rings. The highest BCUT2D eigenvalue weighted by molar-refractivity contribution is 5.92. The van der Waals surface area contributed by atoms with Crippen molar-refractivity contribution in [1.29, 1.82) is 5.41 Å². The summed E-state index contributed by atoms with van der Waals surface area (Å²) in [6.07, 6.45) is 8.05. The summed E-state index contributed by atoms with van der Waals surface area (Å²) in [6.45, 7) is 5.42. The van der Waals surface area contributed by atoms with Gasteiger partial charge in [0.05, 0.1) is 24.4 Å². The maximum absolute atomic E-state index is 12.9. The van der Waals surface area contributed by atoms with Gasteiger partial charge in [-0.3, -0.25) is 4.79 Å². The van der Waals surface area contributed by atoms with Crippen LogP contribution in [-0.4, -0.2) is 56.2 Å². The zero-order valence-electron chi connectivity index (χ0n) is 28.8. The van der Waals surface area contributed by atoms with Gasteiger partial charge in [-0.15, -0.1) is 0 Å². The molecule has 10 nitrogen and oxygen atoms in total. The summed E-state index contributed by atoms with van der Waals surface area (Å²) in [6, 6.07) is 25.9. The van der Waals surface area contributed by atoms with Crippen molar-refractivity contribution in [1.82, 2.24) is 0 Å². The lowest BCUT2D eigenvalue weighted by Gasteiger charge is -2.18. The maximum atomic E-state index is 12.9.